The van der Waals surface area contributed by atoms with Gasteiger partial charge in [-0.3, -0.25) is 4.79 Å². The Morgan fingerprint density at radius 2 is 2.00 bits per heavy atom. The van der Waals surface area contributed by atoms with Gasteiger partial charge in [-0.25, -0.2) is 0 Å². The highest BCUT2D eigenvalue weighted by Crippen LogP contribution is 1.93. The third-order valence-electron chi connectivity index (χ3n) is 0.903. The molecule has 0 aromatic carbocycles. The second kappa shape index (κ2) is 12.6. The largest absolute Gasteiger partial charge is 0.388 e. The van der Waals surface area contributed by atoms with Crippen LogP contribution in [0, 0.1) is 12.3 Å². The first-order valence-corrected chi connectivity index (χ1v) is 3.77. The van der Waals surface area contributed by atoms with Gasteiger partial charge in [-0.05, 0) is 13.3 Å². The fourth-order valence-electron chi connectivity index (χ4n) is 0.565. The summed E-state index contributed by atoms with van der Waals surface area (Å²) in [7, 11) is 3.25. The number of nitrogens with one attached hydrogen (secondary N) is 1. The van der Waals surface area contributed by atoms with Crippen molar-refractivity contribution < 1.29 is 9.53 Å². The molecule has 12 heavy (non-hydrogen) atoms. The van der Waals surface area contributed by atoms with Crippen LogP contribution in [0.4, 0.5) is 0 Å². The maximum absolute atomic E-state index is 10.1. The Kier molecular flexibility index (Phi) is 14.3. The van der Waals surface area contributed by atoms with Crippen molar-refractivity contribution in [3.8, 4) is 12.3 Å². The van der Waals surface area contributed by atoms with Gasteiger partial charge in [0.2, 0.25) is 5.91 Å². The maximum atomic E-state index is 10.1. The third kappa shape index (κ3) is 16.0. The average Bonchev–Trinajstić information content (AvgIpc) is 2.43. The Morgan fingerprint density at radius 1 is 1.58 bits per heavy atom. The number of carbonyl (C=O) groups excluding carboxylic acids is 1. The van der Waals surface area contributed by atoms with Gasteiger partial charge in [-0.1, -0.05) is 0 Å². The number of hydrogen-bond donors (Lipinski definition) is 1. The van der Waals surface area contributed by atoms with Gasteiger partial charge in [-0.2, -0.15) is 0 Å². The number of terminal acetylenes is 1. The smallest absolute Gasteiger partial charge is 0.220 e. The van der Waals surface area contributed by atoms with Crippen LogP contribution in [0.2, 0.25) is 0 Å². The Bertz CT molecular complexity index is 130. The van der Waals surface area contributed by atoms with Gasteiger partial charge in [0, 0.05) is 27.2 Å². The second-order valence-corrected chi connectivity index (χ2v) is 2.15. The van der Waals surface area contributed by atoms with E-state index in [0.29, 0.717) is 0 Å². The molecule has 1 heterocycles. The van der Waals surface area contributed by atoms with Gasteiger partial charge < -0.3 is 10.1 Å². The third-order valence-corrected chi connectivity index (χ3v) is 0.903. The van der Waals surface area contributed by atoms with Crippen molar-refractivity contribution >= 4 is 5.91 Å². The fraction of sp³-hybridized carbons (Fsp3) is 0.667. The molecule has 3 heteroatoms. The minimum atomic E-state index is 0.204. The zero-order valence-corrected chi connectivity index (χ0v) is 8.02. The van der Waals surface area contributed by atoms with Crippen molar-refractivity contribution in [2.45, 2.75) is 19.8 Å². The molecule has 0 aromatic heterocycles. The molecule has 0 spiro atoms. The van der Waals surface area contributed by atoms with E-state index < -0.39 is 0 Å². The van der Waals surface area contributed by atoms with E-state index in [9.17, 15) is 4.79 Å². The van der Waals surface area contributed by atoms with Crippen molar-refractivity contribution in [2.75, 3.05) is 20.8 Å². The average molecular weight is 171 g/mol. The van der Waals surface area contributed by atoms with Crippen LogP contribution < -0.4 is 5.32 Å². The summed E-state index contributed by atoms with van der Waals surface area (Å²) in [5.41, 5.74) is 0. The summed E-state index contributed by atoms with van der Waals surface area (Å²) in [4.78, 5) is 10.1. The van der Waals surface area contributed by atoms with E-state index >= 15 is 0 Å². The predicted octanol–water partition coefficient (Wildman–Crippen LogP) is 0.798. The first-order valence-electron chi connectivity index (χ1n) is 3.77. The normalized spacial score (nSPS) is 12.7. The monoisotopic (exact) mass is 171 g/mol. The van der Waals surface area contributed by atoms with Crippen molar-refractivity contribution in [2.24, 2.45) is 0 Å². The molecule has 3 nitrogen and oxygen atoms in total. The molecule has 0 aromatic rings. The molecule has 0 aliphatic carbocycles. The Hall–Kier alpha value is -1.01. The lowest BCUT2D eigenvalue weighted by molar-refractivity contribution is -0.119. The number of carbonyl (C=O) groups is 1. The van der Waals surface area contributed by atoms with Crippen molar-refractivity contribution in [1.29, 1.82) is 0 Å². The minimum absolute atomic E-state index is 0.204. The highest BCUT2D eigenvalue weighted by molar-refractivity contribution is 5.77. The van der Waals surface area contributed by atoms with E-state index in [1.165, 1.54) is 0 Å². The van der Waals surface area contributed by atoms with Gasteiger partial charge in [-0.15, -0.1) is 12.3 Å². The topological polar surface area (TPSA) is 38.3 Å². The summed E-state index contributed by atoms with van der Waals surface area (Å²) in [6.45, 7) is 2.54. The molecule has 1 aliphatic rings. The van der Waals surface area contributed by atoms with Crippen LogP contribution in [-0.4, -0.2) is 26.7 Å². The van der Waals surface area contributed by atoms with Gasteiger partial charge in [0.15, 0.2) is 0 Å². The molecule has 0 bridgehead atoms. The SMILES string of the molecule is C#CC.COC.O=C1CCCN1. The van der Waals surface area contributed by atoms with Gasteiger partial charge in [0.1, 0.15) is 0 Å². The molecule has 0 atom stereocenters. The number of amides is 1. The highest BCUT2D eigenvalue weighted by atomic mass is 16.4. The summed E-state index contributed by atoms with van der Waals surface area (Å²) in [6, 6.07) is 0. The number of hydrogen-bond acceptors (Lipinski definition) is 2. The van der Waals surface area contributed by atoms with Crippen LogP contribution in [0.1, 0.15) is 19.8 Å². The summed E-state index contributed by atoms with van der Waals surface area (Å²) in [6.07, 6.45) is 6.36. The van der Waals surface area contributed by atoms with E-state index in [-0.39, 0.29) is 5.91 Å². The molecule has 0 unspecified atom stereocenters. The van der Waals surface area contributed by atoms with Crippen LogP contribution in [0.3, 0.4) is 0 Å². The maximum Gasteiger partial charge on any atom is 0.220 e. The van der Waals surface area contributed by atoms with Crippen molar-refractivity contribution in [3.05, 3.63) is 0 Å². The molecule has 1 rings (SSSR count). The van der Waals surface area contributed by atoms with Crippen molar-refractivity contribution in [3.63, 3.8) is 0 Å². The number of ether oxygens (including phenoxy) is 1. The molecule has 70 valence electrons. The Labute approximate surface area is 74.5 Å². The zero-order valence-electron chi connectivity index (χ0n) is 8.02. The summed E-state index contributed by atoms with van der Waals surface area (Å²) < 4.78 is 4.25. The fourth-order valence-corrected chi connectivity index (χ4v) is 0.565. The van der Waals surface area contributed by atoms with Gasteiger partial charge in [0.05, 0.1) is 0 Å². The van der Waals surface area contributed by atoms with Crippen LogP contribution in [0.15, 0.2) is 0 Å². The van der Waals surface area contributed by atoms with Crippen molar-refractivity contribution in [1.82, 2.24) is 5.32 Å². The lowest BCUT2D eigenvalue weighted by Crippen LogP contribution is -2.12. The molecular weight excluding hydrogens is 154 g/mol. The molecule has 0 saturated carbocycles. The molecule has 0 radical (unpaired) electrons. The Morgan fingerprint density at radius 3 is 2.08 bits per heavy atom. The van der Waals surface area contributed by atoms with E-state index in [4.69, 9.17) is 0 Å². The van der Waals surface area contributed by atoms with Gasteiger partial charge in [0.25, 0.3) is 0 Å². The second-order valence-electron chi connectivity index (χ2n) is 2.15. The van der Waals surface area contributed by atoms with E-state index in [1.54, 1.807) is 21.1 Å². The minimum Gasteiger partial charge on any atom is -0.388 e. The summed E-state index contributed by atoms with van der Waals surface area (Å²) in [5, 5.41) is 2.68. The molecule has 1 N–H and O–H groups in total. The molecule has 1 saturated heterocycles. The van der Waals surface area contributed by atoms with Crippen LogP contribution in [0.5, 0.6) is 0 Å². The van der Waals surface area contributed by atoms with E-state index in [2.05, 4.69) is 22.4 Å². The first-order chi connectivity index (χ1) is 5.72. The lowest BCUT2D eigenvalue weighted by atomic mass is 10.4. The predicted molar refractivity (Wildman–Crippen MR) is 49.7 cm³/mol. The number of rotatable bonds is 0. The Balaban J connectivity index is 0. The number of methoxy groups -OCH3 is 1. The van der Waals surface area contributed by atoms with E-state index in [1.807, 2.05) is 0 Å². The van der Waals surface area contributed by atoms with Crippen LogP contribution >= 0.6 is 0 Å². The first kappa shape index (κ1) is 13.6. The molecule has 1 amide bonds. The standard InChI is InChI=1S/C4H7NO.C3H4.C2H6O/c6-4-2-1-3-5-4;2*1-3-2/h1-3H2,(H,5,6);1H,2H3;1-2H3. The van der Waals surface area contributed by atoms with E-state index in [0.717, 1.165) is 19.4 Å². The van der Waals surface area contributed by atoms with Crippen LogP contribution in [0.25, 0.3) is 0 Å². The molecule has 1 aliphatic heterocycles. The highest BCUT2D eigenvalue weighted by Gasteiger charge is 2.05. The van der Waals surface area contributed by atoms with Gasteiger partial charge >= 0.3 is 0 Å². The van der Waals surface area contributed by atoms with Crippen LogP contribution in [-0.2, 0) is 9.53 Å². The zero-order chi connectivity index (χ0) is 9.82. The molecular formula is C9H17NO2. The quantitative estimate of drug-likeness (QED) is 0.547. The summed E-state index contributed by atoms with van der Waals surface area (Å²) in [5.74, 6) is 2.45. The summed E-state index contributed by atoms with van der Waals surface area (Å²) >= 11 is 0. The lowest BCUT2D eigenvalue weighted by Gasteiger charge is -1.80. The molecule has 1 fully saturated rings.